The molecule has 5 N–H and O–H groups in total. The van der Waals surface area contributed by atoms with Crippen molar-refractivity contribution in [2.75, 3.05) is 0 Å². The molecule has 0 saturated carbocycles. The van der Waals surface area contributed by atoms with Gasteiger partial charge in [-0.1, -0.05) is 0 Å². The van der Waals surface area contributed by atoms with Gasteiger partial charge in [-0.2, -0.15) is 5.10 Å². The number of rotatable bonds is 3. The van der Waals surface area contributed by atoms with Crippen molar-refractivity contribution in [1.29, 1.82) is 5.41 Å². The molecule has 0 unspecified atom stereocenters. The van der Waals surface area contributed by atoms with E-state index < -0.39 is 0 Å². The van der Waals surface area contributed by atoms with Crippen LogP contribution < -0.4 is 10.9 Å². The van der Waals surface area contributed by atoms with Crippen LogP contribution in [0, 0.1) is 5.41 Å². The molecule has 8 nitrogen and oxygen atoms in total. The van der Waals surface area contributed by atoms with Gasteiger partial charge in [0.2, 0.25) is 5.96 Å². The summed E-state index contributed by atoms with van der Waals surface area (Å²) in [5, 5.41) is 26.9. The van der Waals surface area contributed by atoms with Crippen molar-refractivity contribution in [1.82, 2.24) is 21.2 Å². The lowest BCUT2D eigenvalue weighted by atomic mass is 10.3. The molecule has 80 valence electrons. The monoisotopic (exact) mass is 210 g/mol. The molecule has 0 fully saturated rings. The number of hydrazone groups is 1. The molecule has 1 aromatic rings. The third kappa shape index (κ3) is 4.67. The lowest BCUT2D eigenvalue weighted by Gasteiger charge is -2.08. The van der Waals surface area contributed by atoms with Gasteiger partial charge in [0.15, 0.2) is 0 Å². The largest absolute Gasteiger partial charge is 0.271 e. The van der Waals surface area contributed by atoms with E-state index in [1.165, 1.54) is 6.21 Å². The van der Waals surface area contributed by atoms with Crippen LogP contribution in [0.3, 0.4) is 0 Å². The zero-order chi connectivity index (χ0) is 11.1. The van der Waals surface area contributed by atoms with Crippen LogP contribution in [0.25, 0.3) is 0 Å². The zero-order valence-electron chi connectivity index (χ0n) is 7.62. The molecule has 1 rings (SSSR count). The van der Waals surface area contributed by atoms with E-state index in [0.29, 0.717) is 0 Å². The summed E-state index contributed by atoms with van der Waals surface area (Å²) in [5.41, 5.74) is 4.84. The van der Waals surface area contributed by atoms with Crippen molar-refractivity contribution in [2.24, 2.45) is 5.10 Å². The molecular weight excluding hydrogens is 200 g/mol. The number of aromatic nitrogens is 1. The second kappa shape index (κ2) is 5.65. The van der Waals surface area contributed by atoms with Crippen molar-refractivity contribution < 1.29 is 10.4 Å². The Labute approximate surface area is 85.3 Å². The molecule has 0 spiro atoms. The molecule has 0 aliphatic heterocycles. The van der Waals surface area contributed by atoms with Gasteiger partial charge >= 0.3 is 0 Å². The lowest BCUT2D eigenvalue weighted by Crippen LogP contribution is -2.42. The Morgan fingerprint density at radius 2 is 2.13 bits per heavy atom. The topological polar surface area (TPSA) is 117 Å². The Kier molecular flexibility index (Phi) is 4.16. The van der Waals surface area contributed by atoms with Crippen molar-refractivity contribution in [3.8, 4) is 0 Å². The SMILES string of the molecule is N=C(N/N=C/c1ccncc1)NN(O)O. The normalized spacial score (nSPS) is 10.6. The molecule has 0 atom stereocenters. The third-order valence-corrected chi connectivity index (χ3v) is 1.31. The highest BCUT2D eigenvalue weighted by atomic mass is 16.8. The van der Waals surface area contributed by atoms with Crippen LogP contribution in [0.5, 0.6) is 0 Å². The van der Waals surface area contributed by atoms with Crippen molar-refractivity contribution in [3.05, 3.63) is 30.1 Å². The highest BCUT2D eigenvalue weighted by Crippen LogP contribution is 1.89. The maximum Gasteiger partial charge on any atom is 0.227 e. The van der Waals surface area contributed by atoms with E-state index in [4.69, 9.17) is 15.8 Å². The molecule has 0 aromatic carbocycles. The van der Waals surface area contributed by atoms with Crippen molar-refractivity contribution >= 4 is 12.2 Å². The highest BCUT2D eigenvalue weighted by molar-refractivity contribution is 5.82. The van der Waals surface area contributed by atoms with Gasteiger partial charge in [0, 0.05) is 17.7 Å². The molecule has 0 amide bonds. The number of nitrogens with zero attached hydrogens (tertiary/aromatic N) is 3. The van der Waals surface area contributed by atoms with Crippen LogP contribution in [0.4, 0.5) is 0 Å². The van der Waals surface area contributed by atoms with Gasteiger partial charge in [0.05, 0.1) is 6.21 Å². The molecular formula is C7H10N6O2. The minimum absolute atomic E-state index is 0.350. The second-order valence-electron chi connectivity index (χ2n) is 2.43. The summed E-state index contributed by atoms with van der Waals surface area (Å²) >= 11 is 0. The summed E-state index contributed by atoms with van der Waals surface area (Å²) in [6.07, 6.45) is 4.67. The second-order valence-corrected chi connectivity index (χ2v) is 2.43. The smallest absolute Gasteiger partial charge is 0.227 e. The fourth-order valence-electron chi connectivity index (χ4n) is 0.746. The summed E-state index contributed by atoms with van der Waals surface area (Å²) in [4.78, 5) is 3.82. The van der Waals surface area contributed by atoms with E-state index in [1.807, 2.05) is 5.43 Å². The Morgan fingerprint density at radius 1 is 1.47 bits per heavy atom. The molecule has 0 aliphatic carbocycles. The Hall–Kier alpha value is -2.03. The first-order valence-corrected chi connectivity index (χ1v) is 3.90. The van der Waals surface area contributed by atoms with Crippen LogP contribution in [-0.4, -0.2) is 32.9 Å². The summed E-state index contributed by atoms with van der Waals surface area (Å²) in [7, 11) is 0. The number of nitrogens with one attached hydrogen (secondary N) is 3. The van der Waals surface area contributed by atoms with Crippen molar-refractivity contribution in [2.45, 2.75) is 0 Å². The molecule has 15 heavy (non-hydrogen) atoms. The molecule has 0 saturated heterocycles. The molecule has 1 heterocycles. The first-order chi connectivity index (χ1) is 7.18. The number of hydrazine groups is 1. The van der Waals surface area contributed by atoms with Gasteiger partial charge in [0.25, 0.3) is 0 Å². The summed E-state index contributed by atoms with van der Waals surface area (Å²) < 4.78 is 0. The minimum atomic E-state index is -0.384. The van der Waals surface area contributed by atoms with Gasteiger partial charge in [-0.3, -0.25) is 20.8 Å². The quantitative estimate of drug-likeness (QED) is 0.261. The van der Waals surface area contributed by atoms with E-state index in [0.717, 1.165) is 5.56 Å². The average Bonchev–Trinajstić information content (AvgIpc) is 2.18. The number of hydrogen-bond donors (Lipinski definition) is 5. The van der Waals surface area contributed by atoms with E-state index in [9.17, 15) is 0 Å². The third-order valence-electron chi connectivity index (χ3n) is 1.31. The van der Waals surface area contributed by atoms with Gasteiger partial charge in [0.1, 0.15) is 0 Å². The maximum atomic E-state index is 8.28. The van der Waals surface area contributed by atoms with Gasteiger partial charge in [-0.15, -0.1) is 0 Å². The Morgan fingerprint density at radius 3 is 2.73 bits per heavy atom. The summed E-state index contributed by atoms with van der Waals surface area (Å²) in [6, 6.07) is 3.46. The highest BCUT2D eigenvalue weighted by Gasteiger charge is 1.95. The van der Waals surface area contributed by atoms with E-state index in [2.05, 4.69) is 15.5 Å². The fraction of sp³-hybridized carbons (Fsp3) is 0. The van der Waals surface area contributed by atoms with E-state index >= 15 is 0 Å². The van der Waals surface area contributed by atoms with Crippen LogP contribution in [-0.2, 0) is 0 Å². The van der Waals surface area contributed by atoms with Crippen LogP contribution in [0.1, 0.15) is 5.56 Å². The molecule has 8 heteroatoms. The van der Waals surface area contributed by atoms with Crippen molar-refractivity contribution in [3.63, 3.8) is 0 Å². The summed E-state index contributed by atoms with van der Waals surface area (Å²) in [5.74, 6) is -0.384. The van der Waals surface area contributed by atoms with E-state index in [1.54, 1.807) is 24.5 Å². The first-order valence-electron chi connectivity index (χ1n) is 3.90. The van der Waals surface area contributed by atoms with Crippen LogP contribution in [0.2, 0.25) is 0 Å². The zero-order valence-corrected chi connectivity index (χ0v) is 7.62. The predicted octanol–water partition coefficient (Wildman–Crippen LogP) is -0.475. The summed E-state index contributed by atoms with van der Waals surface area (Å²) in [6.45, 7) is 0. The standard InChI is InChI=1S/C7H10N6O2/c8-7(12-13(14)15)11-10-5-6-1-3-9-4-2-6/h1-5,14-15H,(H3,8,11,12)/b10-5+. The Bertz CT molecular complexity index is 339. The van der Waals surface area contributed by atoms with Gasteiger partial charge in [-0.05, 0) is 17.7 Å². The molecule has 1 aromatic heterocycles. The van der Waals surface area contributed by atoms with Gasteiger partial charge < -0.3 is 0 Å². The molecule has 0 aliphatic rings. The Balaban J connectivity index is 2.37. The number of guanidine groups is 1. The molecule has 0 bridgehead atoms. The maximum absolute atomic E-state index is 8.28. The van der Waals surface area contributed by atoms with Crippen LogP contribution in [0.15, 0.2) is 29.6 Å². The minimum Gasteiger partial charge on any atom is -0.271 e. The fourth-order valence-corrected chi connectivity index (χ4v) is 0.746. The number of pyridine rings is 1. The average molecular weight is 210 g/mol. The van der Waals surface area contributed by atoms with Gasteiger partial charge in [-0.25, -0.2) is 10.9 Å². The van der Waals surface area contributed by atoms with Crippen LogP contribution >= 0.6 is 0 Å². The molecule has 0 radical (unpaired) electrons. The first kappa shape index (κ1) is 11.0. The lowest BCUT2D eigenvalue weighted by molar-refractivity contribution is -0.330. The van der Waals surface area contributed by atoms with E-state index in [-0.39, 0.29) is 11.3 Å². The number of hydrogen-bond acceptors (Lipinski definition) is 6. The predicted molar refractivity (Wildman–Crippen MR) is 51.2 cm³/mol.